The van der Waals surface area contributed by atoms with E-state index in [9.17, 15) is 4.79 Å². The second-order valence-corrected chi connectivity index (χ2v) is 4.24. The maximum absolute atomic E-state index is 11.4. The van der Waals surface area contributed by atoms with Crippen LogP contribution in [0, 0.1) is 12.3 Å². The van der Waals surface area contributed by atoms with Gasteiger partial charge in [0, 0.05) is 6.42 Å². The molecule has 0 aliphatic rings. The molecule has 0 fully saturated rings. The third-order valence-electron chi connectivity index (χ3n) is 1.55. The molecule has 0 aliphatic heterocycles. The molecule has 0 heterocycles. The molecule has 1 atom stereocenters. The van der Waals surface area contributed by atoms with Gasteiger partial charge < -0.3 is 10.5 Å². The highest BCUT2D eigenvalue weighted by Gasteiger charge is 2.21. The van der Waals surface area contributed by atoms with Crippen LogP contribution in [0.3, 0.4) is 0 Å². The summed E-state index contributed by atoms with van der Waals surface area (Å²) in [5.41, 5.74) is 5.15. The Morgan fingerprint density at radius 2 is 2.14 bits per heavy atom. The van der Waals surface area contributed by atoms with Crippen LogP contribution in [0.5, 0.6) is 0 Å². The summed E-state index contributed by atoms with van der Waals surface area (Å²) in [6.45, 7) is 5.46. The largest absolute Gasteiger partial charge is 0.459 e. The van der Waals surface area contributed by atoms with E-state index >= 15 is 0 Å². The maximum atomic E-state index is 11.4. The molecular formula is C11H19NO2. The smallest absolute Gasteiger partial charge is 0.323 e. The Morgan fingerprint density at radius 1 is 1.57 bits per heavy atom. The summed E-state index contributed by atoms with van der Waals surface area (Å²) in [7, 11) is 0. The van der Waals surface area contributed by atoms with Crippen molar-refractivity contribution in [3.8, 4) is 12.3 Å². The lowest BCUT2D eigenvalue weighted by atomic mass is 10.1. The number of terminal acetylenes is 1. The molecule has 0 aromatic heterocycles. The average molecular weight is 197 g/mol. The molecule has 3 nitrogen and oxygen atoms in total. The molecule has 0 spiro atoms. The molecule has 80 valence electrons. The quantitative estimate of drug-likeness (QED) is 0.421. The third-order valence-corrected chi connectivity index (χ3v) is 1.55. The topological polar surface area (TPSA) is 52.3 Å². The van der Waals surface area contributed by atoms with Crippen LogP contribution in [-0.2, 0) is 9.53 Å². The number of carbonyl (C=O) groups excluding carboxylic acids is 1. The first-order chi connectivity index (χ1) is 6.37. The molecule has 2 N–H and O–H groups in total. The van der Waals surface area contributed by atoms with Crippen LogP contribution in [0.2, 0.25) is 0 Å². The van der Waals surface area contributed by atoms with Gasteiger partial charge in [0.1, 0.15) is 11.6 Å². The minimum absolute atomic E-state index is 0.352. The van der Waals surface area contributed by atoms with Crippen LogP contribution in [0.25, 0.3) is 0 Å². The Bertz CT molecular complexity index is 222. The van der Waals surface area contributed by atoms with E-state index in [0.717, 1.165) is 6.42 Å². The minimum Gasteiger partial charge on any atom is -0.459 e. The Hall–Kier alpha value is -1.01. The molecule has 3 heteroatoms. The van der Waals surface area contributed by atoms with Gasteiger partial charge in [-0.05, 0) is 33.6 Å². The summed E-state index contributed by atoms with van der Waals surface area (Å²) in [4.78, 5) is 11.4. The fourth-order valence-electron chi connectivity index (χ4n) is 0.919. The monoisotopic (exact) mass is 197 g/mol. The van der Waals surface area contributed by atoms with Gasteiger partial charge in [-0.3, -0.25) is 4.79 Å². The van der Waals surface area contributed by atoms with Crippen molar-refractivity contribution < 1.29 is 9.53 Å². The Balaban J connectivity index is 3.84. The van der Waals surface area contributed by atoms with Gasteiger partial charge in [-0.2, -0.15) is 0 Å². The lowest BCUT2D eigenvalue weighted by Crippen LogP contribution is -2.37. The third kappa shape index (κ3) is 6.50. The molecule has 0 bridgehead atoms. The van der Waals surface area contributed by atoms with Crippen LogP contribution < -0.4 is 5.73 Å². The molecule has 0 saturated heterocycles. The molecule has 0 radical (unpaired) electrons. The molecule has 14 heavy (non-hydrogen) atoms. The van der Waals surface area contributed by atoms with Crippen molar-refractivity contribution in [2.75, 3.05) is 0 Å². The van der Waals surface area contributed by atoms with E-state index in [2.05, 4.69) is 5.92 Å². The fourth-order valence-corrected chi connectivity index (χ4v) is 0.919. The zero-order valence-corrected chi connectivity index (χ0v) is 9.17. The lowest BCUT2D eigenvalue weighted by molar-refractivity contribution is -0.156. The van der Waals surface area contributed by atoms with Crippen LogP contribution >= 0.6 is 0 Å². The predicted octanol–water partition coefficient (Wildman–Crippen LogP) is 1.46. The summed E-state index contributed by atoms with van der Waals surface area (Å²) in [5.74, 6) is 2.15. The van der Waals surface area contributed by atoms with E-state index in [4.69, 9.17) is 16.9 Å². The van der Waals surface area contributed by atoms with Gasteiger partial charge in [-0.25, -0.2) is 0 Å². The van der Waals surface area contributed by atoms with E-state index in [0.29, 0.717) is 12.8 Å². The fraction of sp³-hybridized carbons (Fsp3) is 0.727. The van der Waals surface area contributed by atoms with Crippen molar-refractivity contribution in [1.29, 1.82) is 0 Å². The van der Waals surface area contributed by atoms with Crippen LogP contribution in [0.15, 0.2) is 0 Å². The van der Waals surface area contributed by atoms with Crippen molar-refractivity contribution in [2.45, 2.75) is 51.7 Å². The van der Waals surface area contributed by atoms with Gasteiger partial charge in [0.25, 0.3) is 0 Å². The lowest BCUT2D eigenvalue weighted by Gasteiger charge is -2.21. The van der Waals surface area contributed by atoms with Crippen molar-refractivity contribution in [2.24, 2.45) is 5.73 Å². The van der Waals surface area contributed by atoms with Gasteiger partial charge in [0.2, 0.25) is 0 Å². The Kier molecular flexibility index (Phi) is 5.26. The van der Waals surface area contributed by atoms with Gasteiger partial charge in [0.05, 0.1) is 0 Å². The zero-order valence-electron chi connectivity index (χ0n) is 9.17. The highest BCUT2D eigenvalue weighted by Crippen LogP contribution is 2.09. The number of ether oxygens (including phenoxy) is 1. The van der Waals surface area contributed by atoms with Gasteiger partial charge in [0.15, 0.2) is 0 Å². The van der Waals surface area contributed by atoms with Crippen molar-refractivity contribution in [3.05, 3.63) is 0 Å². The molecule has 0 aromatic carbocycles. The van der Waals surface area contributed by atoms with E-state index in [1.807, 2.05) is 20.8 Å². The Labute approximate surface area is 86.0 Å². The Morgan fingerprint density at radius 3 is 2.57 bits per heavy atom. The highest BCUT2D eigenvalue weighted by atomic mass is 16.6. The van der Waals surface area contributed by atoms with E-state index in [1.54, 1.807) is 0 Å². The molecular weight excluding hydrogens is 178 g/mol. The highest BCUT2D eigenvalue weighted by molar-refractivity contribution is 5.75. The molecule has 1 unspecified atom stereocenters. The molecule has 0 saturated carbocycles. The van der Waals surface area contributed by atoms with Crippen molar-refractivity contribution >= 4 is 5.97 Å². The summed E-state index contributed by atoms with van der Waals surface area (Å²) in [6.07, 6.45) is 7.08. The van der Waals surface area contributed by atoms with E-state index < -0.39 is 11.6 Å². The van der Waals surface area contributed by atoms with Crippen molar-refractivity contribution in [1.82, 2.24) is 0 Å². The zero-order chi connectivity index (χ0) is 11.2. The minimum atomic E-state index is -0.553. The number of nitrogens with two attached hydrogens (primary N) is 1. The number of esters is 1. The SMILES string of the molecule is C#CCCCC(N)C(=O)OC(C)(C)C. The summed E-state index contributed by atoms with van der Waals surface area (Å²) in [5, 5.41) is 0. The standard InChI is InChI=1S/C11H19NO2/c1-5-6-7-8-9(12)10(13)14-11(2,3)4/h1,9H,6-8,12H2,2-4H3. The number of carbonyl (C=O) groups is 1. The maximum Gasteiger partial charge on any atom is 0.323 e. The molecule has 0 rings (SSSR count). The summed E-state index contributed by atoms with van der Waals surface area (Å²) in [6, 6.07) is -0.553. The normalized spacial score (nSPS) is 13.1. The number of rotatable bonds is 4. The number of hydrogen-bond donors (Lipinski definition) is 1. The summed E-state index contributed by atoms with van der Waals surface area (Å²) < 4.78 is 5.11. The van der Waals surface area contributed by atoms with Gasteiger partial charge in [-0.1, -0.05) is 0 Å². The second-order valence-electron chi connectivity index (χ2n) is 4.24. The van der Waals surface area contributed by atoms with E-state index in [1.165, 1.54) is 0 Å². The van der Waals surface area contributed by atoms with Crippen LogP contribution in [0.4, 0.5) is 0 Å². The first-order valence-corrected chi connectivity index (χ1v) is 4.78. The predicted molar refractivity (Wildman–Crippen MR) is 56.5 cm³/mol. The van der Waals surface area contributed by atoms with Crippen LogP contribution in [0.1, 0.15) is 40.0 Å². The molecule has 0 aliphatic carbocycles. The number of hydrogen-bond acceptors (Lipinski definition) is 3. The molecule has 0 amide bonds. The van der Waals surface area contributed by atoms with Gasteiger partial charge >= 0.3 is 5.97 Å². The summed E-state index contributed by atoms with van der Waals surface area (Å²) >= 11 is 0. The first kappa shape index (κ1) is 13.0. The molecule has 0 aromatic rings. The van der Waals surface area contributed by atoms with Gasteiger partial charge in [-0.15, -0.1) is 12.3 Å². The first-order valence-electron chi connectivity index (χ1n) is 4.78. The number of unbranched alkanes of at least 4 members (excludes halogenated alkanes) is 1. The van der Waals surface area contributed by atoms with Crippen molar-refractivity contribution in [3.63, 3.8) is 0 Å². The van der Waals surface area contributed by atoms with E-state index in [-0.39, 0.29) is 5.97 Å². The second kappa shape index (κ2) is 5.66. The van der Waals surface area contributed by atoms with Crippen LogP contribution in [-0.4, -0.2) is 17.6 Å². The average Bonchev–Trinajstić information content (AvgIpc) is 2.01.